The van der Waals surface area contributed by atoms with Gasteiger partial charge in [0, 0.05) is 23.4 Å². The third-order valence-corrected chi connectivity index (χ3v) is 5.69. The maximum atomic E-state index is 12.7. The minimum Gasteiger partial charge on any atom is -0.497 e. The second-order valence-electron chi connectivity index (χ2n) is 8.52. The van der Waals surface area contributed by atoms with Crippen LogP contribution in [0, 0.1) is 5.92 Å². The molecule has 5 nitrogen and oxygen atoms in total. The van der Waals surface area contributed by atoms with Crippen molar-refractivity contribution in [1.82, 2.24) is 9.55 Å². The number of carbonyl (C=O) groups excluding carboxylic acids is 1. The Morgan fingerprint density at radius 1 is 0.912 bits per heavy atom. The van der Waals surface area contributed by atoms with Crippen LogP contribution in [0.4, 0.5) is 0 Å². The van der Waals surface area contributed by atoms with Crippen molar-refractivity contribution in [2.45, 2.75) is 26.9 Å². The van der Waals surface area contributed by atoms with Crippen LogP contribution in [0.5, 0.6) is 5.75 Å². The highest BCUT2D eigenvalue weighted by atomic mass is 16.5. The van der Waals surface area contributed by atoms with Crippen molar-refractivity contribution in [3.63, 3.8) is 0 Å². The summed E-state index contributed by atoms with van der Waals surface area (Å²) < 4.78 is 13.1. The van der Waals surface area contributed by atoms with E-state index >= 15 is 0 Å². The van der Waals surface area contributed by atoms with E-state index in [1.54, 1.807) is 7.11 Å². The smallest absolute Gasteiger partial charge is 0.185 e. The molecule has 0 unspecified atom stereocenters. The SMILES string of the molecule is COc1ccc(-c2nc(C(=O)C(C)C)cn2-c2ccc(CCOCc3ccccc3)cc2)cc1. The lowest BCUT2D eigenvalue weighted by molar-refractivity contribution is 0.0935. The molecule has 0 aliphatic rings. The summed E-state index contributed by atoms with van der Waals surface area (Å²) in [5, 5.41) is 0. The van der Waals surface area contributed by atoms with Gasteiger partial charge in [0.25, 0.3) is 0 Å². The molecule has 0 amide bonds. The van der Waals surface area contributed by atoms with Crippen LogP contribution >= 0.6 is 0 Å². The van der Waals surface area contributed by atoms with Crippen molar-refractivity contribution in [2.24, 2.45) is 5.92 Å². The van der Waals surface area contributed by atoms with Gasteiger partial charge >= 0.3 is 0 Å². The molecule has 0 aliphatic heterocycles. The minimum absolute atomic E-state index is 0.0284. The van der Waals surface area contributed by atoms with E-state index < -0.39 is 0 Å². The molecule has 0 saturated heterocycles. The number of carbonyl (C=O) groups is 1. The summed E-state index contributed by atoms with van der Waals surface area (Å²) in [7, 11) is 1.64. The topological polar surface area (TPSA) is 53.3 Å². The first-order valence-corrected chi connectivity index (χ1v) is 11.5. The van der Waals surface area contributed by atoms with Gasteiger partial charge in [0.15, 0.2) is 5.78 Å². The number of rotatable bonds is 10. The normalized spacial score (nSPS) is 11.1. The van der Waals surface area contributed by atoms with Gasteiger partial charge in [-0.3, -0.25) is 9.36 Å². The maximum Gasteiger partial charge on any atom is 0.185 e. The van der Waals surface area contributed by atoms with Crippen LogP contribution in [0.2, 0.25) is 0 Å². The average Bonchev–Trinajstić information content (AvgIpc) is 3.32. The molecule has 4 aromatic rings. The summed E-state index contributed by atoms with van der Waals surface area (Å²) in [5.41, 5.74) is 4.72. The Morgan fingerprint density at radius 2 is 1.62 bits per heavy atom. The highest BCUT2D eigenvalue weighted by Crippen LogP contribution is 2.26. The molecule has 0 bridgehead atoms. The van der Waals surface area contributed by atoms with Gasteiger partial charge in [-0.2, -0.15) is 0 Å². The van der Waals surface area contributed by atoms with Gasteiger partial charge in [0.1, 0.15) is 17.3 Å². The van der Waals surface area contributed by atoms with Gasteiger partial charge in [-0.15, -0.1) is 0 Å². The molecule has 0 spiro atoms. The van der Waals surface area contributed by atoms with Crippen LogP contribution in [-0.4, -0.2) is 29.1 Å². The van der Waals surface area contributed by atoms with Gasteiger partial charge in [-0.1, -0.05) is 56.3 Å². The Hall–Kier alpha value is -3.70. The van der Waals surface area contributed by atoms with Crippen LogP contribution in [0.1, 0.15) is 35.5 Å². The molecule has 1 heterocycles. The number of imidazole rings is 1. The predicted octanol–water partition coefficient (Wildman–Crippen LogP) is 6.15. The molecule has 0 atom stereocenters. The number of ether oxygens (including phenoxy) is 2. The Kier molecular flexibility index (Phi) is 7.55. The molecule has 0 N–H and O–H groups in total. The second kappa shape index (κ2) is 10.9. The molecule has 0 saturated carbocycles. The minimum atomic E-state index is -0.120. The van der Waals surface area contributed by atoms with Gasteiger partial charge < -0.3 is 9.47 Å². The summed E-state index contributed by atoms with van der Waals surface area (Å²) in [6.07, 6.45) is 2.67. The monoisotopic (exact) mass is 454 g/mol. The number of hydrogen-bond donors (Lipinski definition) is 0. The Balaban J connectivity index is 1.52. The van der Waals surface area contributed by atoms with E-state index in [0.29, 0.717) is 18.9 Å². The lowest BCUT2D eigenvalue weighted by Gasteiger charge is -2.10. The molecule has 174 valence electrons. The first-order chi connectivity index (χ1) is 16.5. The first-order valence-electron chi connectivity index (χ1n) is 11.5. The molecule has 34 heavy (non-hydrogen) atoms. The van der Waals surface area contributed by atoms with Crippen molar-refractivity contribution in [3.05, 3.63) is 102 Å². The fraction of sp³-hybridized carbons (Fsp3) is 0.241. The van der Waals surface area contributed by atoms with Crippen LogP contribution in [0.25, 0.3) is 17.1 Å². The van der Waals surface area contributed by atoms with E-state index in [2.05, 4.69) is 36.4 Å². The molecule has 5 heteroatoms. The maximum absolute atomic E-state index is 12.7. The zero-order valence-corrected chi connectivity index (χ0v) is 19.9. The summed E-state index contributed by atoms with van der Waals surface area (Å²) in [6, 6.07) is 26.2. The van der Waals surface area contributed by atoms with Crippen molar-refractivity contribution >= 4 is 5.78 Å². The fourth-order valence-corrected chi connectivity index (χ4v) is 3.71. The van der Waals surface area contributed by atoms with Crippen molar-refractivity contribution < 1.29 is 14.3 Å². The van der Waals surface area contributed by atoms with Gasteiger partial charge in [0.05, 0.1) is 20.3 Å². The molecular weight excluding hydrogens is 424 g/mol. The van der Waals surface area contributed by atoms with Gasteiger partial charge in [-0.05, 0) is 53.9 Å². The van der Waals surface area contributed by atoms with Crippen LogP contribution in [0.15, 0.2) is 85.1 Å². The average molecular weight is 455 g/mol. The molecule has 0 fully saturated rings. The predicted molar refractivity (Wildman–Crippen MR) is 135 cm³/mol. The Bertz CT molecular complexity index is 1210. The summed E-state index contributed by atoms with van der Waals surface area (Å²) >= 11 is 0. The van der Waals surface area contributed by atoms with E-state index in [4.69, 9.17) is 14.5 Å². The number of ketones is 1. The van der Waals surface area contributed by atoms with E-state index in [-0.39, 0.29) is 11.7 Å². The quantitative estimate of drug-likeness (QED) is 0.213. The lowest BCUT2D eigenvalue weighted by atomic mass is 10.1. The van der Waals surface area contributed by atoms with Crippen LogP contribution in [0.3, 0.4) is 0 Å². The molecular formula is C29H30N2O3. The number of aromatic nitrogens is 2. The molecule has 3 aromatic carbocycles. The zero-order valence-electron chi connectivity index (χ0n) is 19.9. The third kappa shape index (κ3) is 5.61. The first kappa shape index (κ1) is 23.5. The van der Waals surface area contributed by atoms with Crippen molar-refractivity contribution in [3.8, 4) is 22.8 Å². The molecule has 0 radical (unpaired) electrons. The summed E-state index contributed by atoms with van der Waals surface area (Å²) in [5.74, 6) is 1.41. The van der Waals surface area contributed by atoms with Gasteiger partial charge in [0.2, 0.25) is 0 Å². The van der Waals surface area contributed by atoms with E-state index in [9.17, 15) is 4.79 Å². The highest BCUT2D eigenvalue weighted by molar-refractivity contribution is 5.96. The van der Waals surface area contributed by atoms with E-state index in [1.807, 2.05) is 67.1 Å². The van der Waals surface area contributed by atoms with E-state index in [0.717, 1.165) is 29.2 Å². The Labute approximate surface area is 201 Å². The van der Waals surface area contributed by atoms with Crippen LogP contribution < -0.4 is 4.74 Å². The number of nitrogens with zero attached hydrogens (tertiary/aromatic N) is 2. The Morgan fingerprint density at radius 3 is 2.26 bits per heavy atom. The fourth-order valence-electron chi connectivity index (χ4n) is 3.71. The highest BCUT2D eigenvalue weighted by Gasteiger charge is 2.19. The lowest BCUT2D eigenvalue weighted by Crippen LogP contribution is -2.07. The molecule has 0 aliphatic carbocycles. The largest absolute Gasteiger partial charge is 0.497 e. The van der Waals surface area contributed by atoms with Crippen molar-refractivity contribution in [1.29, 1.82) is 0 Å². The standard InChI is InChI=1S/C29H30N2O3/c1-21(2)28(32)27-19-31(29(30-27)24-11-15-26(33-3)16-12-24)25-13-9-22(10-14-25)17-18-34-20-23-7-5-4-6-8-23/h4-16,19,21H,17-18,20H2,1-3H3. The molecule has 4 rings (SSSR count). The molecule has 1 aromatic heterocycles. The number of methoxy groups -OCH3 is 1. The van der Waals surface area contributed by atoms with E-state index in [1.165, 1.54) is 11.1 Å². The van der Waals surface area contributed by atoms with Gasteiger partial charge in [-0.25, -0.2) is 4.98 Å². The number of Topliss-reactive ketones (excluding diaryl/α,β-unsaturated/α-hetero) is 1. The second-order valence-corrected chi connectivity index (χ2v) is 8.52. The summed E-state index contributed by atoms with van der Waals surface area (Å²) in [4.78, 5) is 17.4. The van der Waals surface area contributed by atoms with Crippen LogP contribution in [-0.2, 0) is 17.8 Å². The number of hydrogen-bond acceptors (Lipinski definition) is 4. The number of benzene rings is 3. The zero-order chi connectivity index (χ0) is 23.9. The third-order valence-electron chi connectivity index (χ3n) is 5.69. The summed E-state index contributed by atoms with van der Waals surface area (Å²) in [6.45, 7) is 5.06. The van der Waals surface area contributed by atoms with Crippen molar-refractivity contribution in [2.75, 3.05) is 13.7 Å².